The van der Waals surface area contributed by atoms with Gasteiger partial charge in [0.2, 0.25) is 0 Å². The van der Waals surface area contributed by atoms with Crippen LogP contribution in [0.15, 0.2) is 24.3 Å². The van der Waals surface area contributed by atoms with Crippen LogP contribution < -0.4 is 4.74 Å². The maximum Gasteiger partial charge on any atom is 0.251 e. The van der Waals surface area contributed by atoms with Gasteiger partial charge in [-0.05, 0) is 37.1 Å². The second-order valence-electron chi connectivity index (χ2n) is 4.56. The van der Waals surface area contributed by atoms with Crippen LogP contribution in [0.1, 0.15) is 12.8 Å². The Morgan fingerprint density at radius 2 is 2.21 bits per heavy atom. The zero-order valence-corrected chi connectivity index (χ0v) is 11.7. The normalized spacial score (nSPS) is 18.3. The summed E-state index contributed by atoms with van der Waals surface area (Å²) in [5.41, 5.74) is 0. The number of hydrogen-bond donors (Lipinski definition) is 0. The zero-order valence-electron chi connectivity index (χ0n) is 11.0. The number of rotatable bonds is 5. The third-order valence-electron chi connectivity index (χ3n) is 3.09. The Hall–Kier alpha value is -1.26. The molecule has 0 aromatic heterocycles. The van der Waals surface area contributed by atoms with Crippen molar-refractivity contribution >= 4 is 17.5 Å². The number of hydrogen-bond acceptors (Lipinski definition) is 3. The first-order chi connectivity index (χ1) is 9.16. The van der Waals surface area contributed by atoms with E-state index in [0.717, 1.165) is 18.6 Å². The van der Waals surface area contributed by atoms with E-state index in [1.807, 2.05) is 12.1 Å². The summed E-state index contributed by atoms with van der Waals surface area (Å²) in [4.78, 5) is 13.6. The molecule has 0 saturated carbocycles. The smallest absolute Gasteiger partial charge is 0.251 e. The Bertz CT molecular complexity index is 415. The first-order valence-electron chi connectivity index (χ1n) is 6.42. The summed E-state index contributed by atoms with van der Waals surface area (Å²) in [5.74, 6) is 0.791. The van der Waals surface area contributed by atoms with Gasteiger partial charge in [-0.1, -0.05) is 11.6 Å². The van der Waals surface area contributed by atoms with Crippen molar-refractivity contribution < 1.29 is 14.3 Å². The predicted octanol–water partition coefficient (Wildman–Crippen LogP) is 2.36. The van der Waals surface area contributed by atoms with Gasteiger partial charge in [0, 0.05) is 18.7 Å². The summed E-state index contributed by atoms with van der Waals surface area (Å²) in [6.07, 6.45) is 1.52. The van der Waals surface area contributed by atoms with Crippen LogP contribution in [0.5, 0.6) is 5.75 Å². The maximum atomic E-state index is 12.0. The molecule has 0 radical (unpaired) electrons. The van der Waals surface area contributed by atoms with Crippen molar-refractivity contribution in [2.45, 2.75) is 18.9 Å². The van der Waals surface area contributed by atoms with Gasteiger partial charge in [-0.3, -0.25) is 4.79 Å². The summed E-state index contributed by atoms with van der Waals surface area (Å²) >= 11 is 5.79. The molecule has 0 bridgehead atoms. The van der Waals surface area contributed by atoms with E-state index in [-0.39, 0.29) is 12.0 Å². The number of benzene rings is 1. The predicted molar refractivity (Wildman–Crippen MR) is 73.6 cm³/mol. The molecule has 0 N–H and O–H groups in total. The molecule has 5 heteroatoms. The van der Waals surface area contributed by atoms with Crippen molar-refractivity contribution in [3.8, 4) is 5.75 Å². The minimum atomic E-state index is -0.263. The fourth-order valence-electron chi connectivity index (χ4n) is 1.96. The van der Waals surface area contributed by atoms with Crippen LogP contribution in [0.25, 0.3) is 0 Å². The Morgan fingerprint density at radius 3 is 2.84 bits per heavy atom. The van der Waals surface area contributed by atoms with Gasteiger partial charge in [0.05, 0.1) is 6.54 Å². The topological polar surface area (TPSA) is 38.8 Å². The summed E-state index contributed by atoms with van der Waals surface area (Å²) < 4.78 is 10.9. The van der Waals surface area contributed by atoms with Crippen molar-refractivity contribution in [3.05, 3.63) is 29.3 Å². The Labute approximate surface area is 118 Å². The van der Waals surface area contributed by atoms with Gasteiger partial charge >= 0.3 is 0 Å². The zero-order chi connectivity index (χ0) is 13.7. The molecule has 1 saturated heterocycles. The number of ether oxygens (including phenoxy) is 2. The first-order valence-corrected chi connectivity index (χ1v) is 6.79. The molecule has 0 aliphatic carbocycles. The lowest BCUT2D eigenvalue weighted by molar-refractivity contribution is -0.139. The Balaban J connectivity index is 1.72. The maximum absolute atomic E-state index is 12.0. The van der Waals surface area contributed by atoms with Gasteiger partial charge in [0.25, 0.3) is 5.91 Å². The number of carbonyl (C=O) groups is 1. The van der Waals surface area contributed by atoms with Crippen molar-refractivity contribution in [3.63, 3.8) is 0 Å². The van der Waals surface area contributed by atoms with E-state index in [4.69, 9.17) is 21.1 Å². The monoisotopic (exact) mass is 283 g/mol. The SMILES string of the molecule is CN(CCOc1ccc(Cl)cc1)C(=O)C1CCCO1. The quantitative estimate of drug-likeness (QED) is 0.833. The molecule has 104 valence electrons. The van der Waals surface area contributed by atoms with Gasteiger partial charge < -0.3 is 14.4 Å². The summed E-state index contributed by atoms with van der Waals surface area (Å²) in [5, 5.41) is 0.679. The summed E-state index contributed by atoms with van der Waals surface area (Å²) in [6, 6.07) is 7.17. The van der Waals surface area contributed by atoms with Crippen LogP contribution in [0.3, 0.4) is 0 Å². The molecule has 1 unspecified atom stereocenters. The van der Waals surface area contributed by atoms with E-state index in [1.54, 1.807) is 24.1 Å². The van der Waals surface area contributed by atoms with Gasteiger partial charge in [-0.15, -0.1) is 0 Å². The average Bonchev–Trinajstić information content (AvgIpc) is 2.94. The van der Waals surface area contributed by atoms with Crippen molar-refractivity contribution in [1.29, 1.82) is 0 Å². The first kappa shape index (κ1) is 14.2. The molecule has 1 aromatic rings. The van der Waals surface area contributed by atoms with Crippen LogP contribution in [-0.2, 0) is 9.53 Å². The highest BCUT2D eigenvalue weighted by atomic mass is 35.5. The summed E-state index contributed by atoms with van der Waals surface area (Å²) in [7, 11) is 1.77. The Morgan fingerprint density at radius 1 is 1.47 bits per heavy atom. The van der Waals surface area contributed by atoms with Gasteiger partial charge in [0.15, 0.2) is 0 Å². The molecule has 2 rings (SSSR count). The van der Waals surface area contributed by atoms with Crippen molar-refractivity contribution in [2.75, 3.05) is 26.8 Å². The molecule has 19 heavy (non-hydrogen) atoms. The van der Waals surface area contributed by atoms with Crippen LogP contribution in [0.2, 0.25) is 5.02 Å². The van der Waals surface area contributed by atoms with E-state index in [9.17, 15) is 4.79 Å². The summed E-state index contributed by atoms with van der Waals surface area (Å²) in [6.45, 7) is 1.68. The number of nitrogens with zero attached hydrogens (tertiary/aromatic N) is 1. The molecule has 1 aliphatic heterocycles. The number of likely N-dealkylation sites (N-methyl/N-ethyl adjacent to an activating group) is 1. The average molecular weight is 284 g/mol. The largest absolute Gasteiger partial charge is 0.492 e. The Kier molecular flexibility index (Phi) is 5.05. The molecule has 1 heterocycles. The van der Waals surface area contributed by atoms with E-state index < -0.39 is 0 Å². The fraction of sp³-hybridized carbons (Fsp3) is 0.500. The standard InChI is InChI=1S/C14H18ClNO3/c1-16(14(17)13-3-2-9-19-13)8-10-18-12-6-4-11(15)5-7-12/h4-7,13H,2-3,8-10H2,1H3. The highest BCUT2D eigenvalue weighted by Crippen LogP contribution is 2.16. The lowest BCUT2D eigenvalue weighted by Crippen LogP contribution is -2.38. The second-order valence-corrected chi connectivity index (χ2v) is 5.00. The second kappa shape index (κ2) is 6.78. The molecule has 1 aromatic carbocycles. The molecule has 1 aliphatic rings. The lowest BCUT2D eigenvalue weighted by Gasteiger charge is -2.20. The van der Waals surface area contributed by atoms with Crippen LogP contribution >= 0.6 is 11.6 Å². The molecule has 4 nitrogen and oxygen atoms in total. The van der Waals surface area contributed by atoms with Crippen LogP contribution in [0.4, 0.5) is 0 Å². The molecular weight excluding hydrogens is 266 g/mol. The number of amides is 1. The number of halogens is 1. The third-order valence-corrected chi connectivity index (χ3v) is 3.34. The molecule has 1 atom stereocenters. The van der Waals surface area contributed by atoms with Gasteiger partial charge in [-0.25, -0.2) is 0 Å². The fourth-order valence-corrected chi connectivity index (χ4v) is 2.09. The highest BCUT2D eigenvalue weighted by Gasteiger charge is 2.26. The minimum Gasteiger partial charge on any atom is -0.492 e. The van der Waals surface area contributed by atoms with Crippen molar-refractivity contribution in [1.82, 2.24) is 4.90 Å². The van der Waals surface area contributed by atoms with E-state index in [0.29, 0.717) is 24.8 Å². The minimum absolute atomic E-state index is 0.0391. The molecule has 0 spiro atoms. The molecule has 1 amide bonds. The van der Waals surface area contributed by atoms with Gasteiger partial charge in [-0.2, -0.15) is 0 Å². The van der Waals surface area contributed by atoms with Gasteiger partial charge in [0.1, 0.15) is 18.5 Å². The highest BCUT2D eigenvalue weighted by molar-refractivity contribution is 6.30. The number of carbonyl (C=O) groups excluding carboxylic acids is 1. The van der Waals surface area contributed by atoms with E-state index >= 15 is 0 Å². The lowest BCUT2D eigenvalue weighted by atomic mass is 10.2. The van der Waals surface area contributed by atoms with E-state index in [2.05, 4.69) is 0 Å². The molecule has 1 fully saturated rings. The third kappa shape index (κ3) is 4.11. The van der Waals surface area contributed by atoms with Crippen molar-refractivity contribution in [2.24, 2.45) is 0 Å². The van der Waals surface area contributed by atoms with Crippen LogP contribution in [0, 0.1) is 0 Å². The molecular formula is C14H18ClNO3. The van der Waals surface area contributed by atoms with Crippen LogP contribution in [-0.4, -0.2) is 43.7 Å². The van der Waals surface area contributed by atoms with E-state index in [1.165, 1.54) is 0 Å².